The Bertz CT molecular complexity index is 1340. The smallest absolute Gasteiger partial charge is 0.407 e. The molecule has 0 saturated heterocycles. The molecule has 0 aliphatic heterocycles. The van der Waals surface area contributed by atoms with Gasteiger partial charge in [-0.2, -0.15) is 0 Å². The lowest BCUT2D eigenvalue weighted by Crippen LogP contribution is -2.45. The standard InChI is InChI=1S/C29H37N5O5/c1-29(2,3)39-28(36)34-19-9-7-18(8-10-19)33-27(35)22-14-30-26-24(31-16-32-25(22)26)21-13-20(37-4)11-12-23(21)38-15-17-5-6-17/h11-14,16-19,30H,5-10,15H2,1-4H3,(H,33,35)(H,34,36). The summed E-state index contributed by atoms with van der Waals surface area (Å²) in [6.45, 7) is 6.20. The highest BCUT2D eigenvalue weighted by Crippen LogP contribution is 2.38. The van der Waals surface area contributed by atoms with E-state index in [9.17, 15) is 9.59 Å². The molecule has 3 N–H and O–H groups in total. The quantitative estimate of drug-likeness (QED) is 0.371. The molecule has 5 rings (SSSR count). The third kappa shape index (κ3) is 6.61. The molecule has 0 spiro atoms. The summed E-state index contributed by atoms with van der Waals surface area (Å²) < 4.78 is 16.9. The van der Waals surface area contributed by atoms with Crippen molar-refractivity contribution < 1.29 is 23.8 Å². The average molecular weight is 536 g/mol. The van der Waals surface area contributed by atoms with Crippen LogP contribution in [-0.2, 0) is 4.74 Å². The van der Waals surface area contributed by atoms with Crippen molar-refractivity contribution >= 4 is 23.0 Å². The first kappa shape index (κ1) is 26.8. The Balaban J connectivity index is 1.27. The number of H-pyrrole nitrogens is 1. The van der Waals surface area contributed by atoms with Crippen molar-refractivity contribution in [3.63, 3.8) is 0 Å². The fourth-order valence-electron chi connectivity index (χ4n) is 4.88. The third-order valence-electron chi connectivity index (χ3n) is 7.10. The van der Waals surface area contributed by atoms with E-state index in [0.717, 1.165) is 37.0 Å². The van der Waals surface area contributed by atoms with Gasteiger partial charge in [0, 0.05) is 23.8 Å². The number of hydrogen-bond acceptors (Lipinski definition) is 7. The molecule has 0 atom stereocenters. The van der Waals surface area contributed by atoms with E-state index >= 15 is 0 Å². The van der Waals surface area contributed by atoms with Crippen LogP contribution in [0.4, 0.5) is 4.79 Å². The highest BCUT2D eigenvalue weighted by Gasteiger charge is 2.27. The van der Waals surface area contributed by atoms with Crippen molar-refractivity contribution in [3.05, 3.63) is 36.3 Å². The zero-order valence-electron chi connectivity index (χ0n) is 23.0. The summed E-state index contributed by atoms with van der Waals surface area (Å²) in [6.07, 6.45) is 8.20. The van der Waals surface area contributed by atoms with Crippen molar-refractivity contribution in [3.8, 4) is 22.8 Å². The lowest BCUT2D eigenvalue weighted by Gasteiger charge is -2.30. The van der Waals surface area contributed by atoms with Crippen molar-refractivity contribution in [1.29, 1.82) is 0 Å². The second-order valence-electron chi connectivity index (χ2n) is 11.4. The zero-order valence-corrected chi connectivity index (χ0v) is 23.0. The number of aromatic nitrogens is 3. The van der Waals surface area contributed by atoms with Gasteiger partial charge < -0.3 is 29.8 Å². The molecular formula is C29H37N5O5. The topological polar surface area (TPSA) is 127 Å². The molecule has 0 bridgehead atoms. The summed E-state index contributed by atoms with van der Waals surface area (Å²) in [5.74, 6) is 1.83. The Kier molecular flexibility index (Phi) is 7.63. The Labute approximate surface area is 228 Å². The molecule has 2 amide bonds. The maximum absolute atomic E-state index is 13.3. The van der Waals surface area contributed by atoms with E-state index in [1.54, 1.807) is 13.3 Å². The summed E-state index contributed by atoms with van der Waals surface area (Å²) in [5.41, 5.74) is 2.58. The van der Waals surface area contributed by atoms with E-state index < -0.39 is 11.7 Å². The van der Waals surface area contributed by atoms with Gasteiger partial charge in [0.15, 0.2) is 0 Å². The number of carbonyl (C=O) groups is 2. The van der Waals surface area contributed by atoms with Crippen LogP contribution < -0.4 is 20.1 Å². The Morgan fingerprint density at radius 2 is 1.74 bits per heavy atom. The first-order valence-corrected chi connectivity index (χ1v) is 13.6. The third-order valence-corrected chi connectivity index (χ3v) is 7.10. The predicted octanol–water partition coefficient (Wildman–Crippen LogP) is 4.99. The normalized spacial score (nSPS) is 19.4. The molecule has 10 heteroatoms. The number of hydrogen-bond donors (Lipinski definition) is 3. The van der Waals surface area contributed by atoms with E-state index in [0.29, 0.717) is 40.6 Å². The van der Waals surface area contributed by atoms with E-state index in [-0.39, 0.29) is 18.0 Å². The van der Waals surface area contributed by atoms with Gasteiger partial charge in [-0.25, -0.2) is 14.8 Å². The van der Waals surface area contributed by atoms with Crippen LogP contribution >= 0.6 is 0 Å². The maximum atomic E-state index is 13.3. The minimum Gasteiger partial charge on any atom is -0.497 e. The van der Waals surface area contributed by atoms with Gasteiger partial charge in [0.1, 0.15) is 34.6 Å². The predicted molar refractivity (Wildman–Crippen MR) is 147 cm³/mol. The van der Waals surface area contributed by atoms with E-state index in [2.05, 4.69) is 25.6 Å². The zero-order chi connectivity index (χ0) is 27.6. The van der Waals surface area contributed by atoms with Gasteiger partial charge in [0.25, 0.3) is 5.91 Å². The average Bonchev–Trinajstić information content (AvgIpc) is 3.63. The molecule has 208 valence electrons. The van der Waals surface area contributed by atoms with Crippen LogP contribution in [0.3, 0.4) is 0 Å². The largest absolute Gasteiger partial charge is 0.497 e. The number of aromatic amines is 1. The van der Waals surface area contributed by atoms with Gasteiger partial charge in [0.05, 0.1) is 24.8 Å². The highest BCUT2D eigenvalue weighted by atomic mass is 16.6. The van der Waals surface area contributed by atoms with Gasteiger partial charge in [-0.15, -0.1) is 0 Å². The molecule has 39 heavy (non-hydrogen) atoms. The molecule has 2 aliphatic rings. The lowest BCUT2D eigenvalue weighted by molar-refractivity contribution is 0.0488. The minimum absolute atomic E-state index is 0.0151. The second kappa shape index (κ2) is 11.1. The summed E-state index contributed by atoms with van der Waals surface area (Å²) >= 11 is 0. The molecule has 10 nitrogen and oxygen atoms in total. The van der Waals surface area contributed by atoms with Crippen LogP contribution in [-0.4, -0.2) is 58.4 Å². The maximum Gasteiger partial charge on any atom is 0.407 e. The van der Waals surface area contributed by atoms with Crippen molar-refractivity contribution in [1.82, 2.24) is 25.6 Å². The van der Waals surface area contributed by atoms with Gasteiger partial charge in [-0.3, -0.25) is 4.79 Å². The number of nitrogens with zero attached hydrogens (tertiary/aromatic N) is 2. The monoisotopic (exact) mass is 535 g/mol. The number of nitrogens with one attached hydrogen (secondary N) is 3. The summed E-state index contributed by atoms with van der Waals surface area (Å²) in [7, 11) is 1.62. The number of fused-ring (bicyclic) bond motifs is 1. The minimum atomic E-state index is -0.532. The van der Waals surface area contributed by atoms with Crippen molar-refractivity contribution in [2.75, 3.05) is 13.7 Å². The van der Waals surface area contributed by atoms with E-state index in [1.807, 2.05) is 39.0 Å². The molecule has 1 aromatic carbocycles. The van der Waals surface area contributed by atoms with Gasteiger partial charge in [0.2, 0.25) is 0 Å². The van der Waals surface area contributed by atoms with Gasteiger partial charge >= 0.3 is 6.09 Å². The number of benzene rings is 1. The Morgan fingerprint density at radius 1 is 1.03 bits per heavy atom. The number of amides is 2. The molecule has 2 saturated carbocycles. The molecular weight excluding hydrogens is 498 g/mol. The molecule has 3 aromatic rings. The molecule has 0 radical (unpaired) electrons. The number of rotatable bonds is 8. The van der Waals surface area contributed by atoms with Crippen LogP contribution in [0, 0.1) is 5.92 Å². The number of ether oxygens (including phenoxy) is 3. The van der Waals surface area contributed by atoms with Gasteiger partial charge in [-0.1, -0.05) is 0 Å². The summed E-state index contributed by atoms with van der Waals surface area (Å²) in [4.78, 5) is 37.6. The van der Waals surface area contributed by atoms with E-state index in [1.165, 1.54) is 19.2 Å². The SMILES string of the molecule is COc1ccc(OCC2CC2)c(-c2ncnc3c(C(=O)NC4CCC(NC(=O)OC(C)(C)C)CC4)c[nH]c23)c1. The summed E-state index contributed by atoms with van der Waals surface area (Å²) in [6, 6.07) is 5.72. The van der Waals surface area contributed by atoms with Crippen molar-refractivity contribution in [2.45, 2.75) is 77.0 Å². The molecule has 2 aliphatic carbocycles. The van der Waals surface area contributed by atoms with Crippen LogP contribution in [0.15, 0.2) is 30.7 Å². The number of methoxy groups -OCH3 is 1. The number of carbonyl (C=O) groups excluding carboxylic acids is 2. The summed E-state index contributed by atoms with van der Waals surface area (Å²) in [5, 5.41) is 6.09. The fraction of sp³-hybridized carbons (Fsp3) is 0.517. The van der Waals surface area contributed by atoms with Gasteiger partial charge in [-0.05, 0) is 83.4 Å². The first-order valence-electron chi connectivity index (χ1n) is 13.6. The molecule has 2 fully saturated rings. The molecule has 2 aromatic heterocycles. The molecule has 0 unspecified atom stereocenters. The fourth-order valence-corrected chi connectivity index (χ4v) is 4.88. The Morgan fingerprint density at radius 3 is 2.41 bits per heavy atom. The van der Waals surface area contributed by atoms with Crippen molar-refractivity contribution in [2.24, 2.45) is 5.92 Å². The van der Waals surface area contributed by atoms with Crippen LogP contribution in [0.1, 0.15) is 69.7 Å². The lowest BCUT2D eigenvalue weighted by atomic mass is 9.91. The first-order chi connectivity index (χ1) is 18.7. The van der Waals surface area contributed by atoms with Crippen LogP contribution in [0.2, 0.25) is 0 Å². The molecule has 2 heterocycles. The van der Waals surface area contributed by atoms with Crippen LogP contribution in [0.5, 0.6) is 11.5 Å². The second-order valence-corrected chi connectivity index (χ2v) is 11.4. The number of alkyl carbamates (subject to hydrolysis) is 1. The van der Waals surface area contributed by atoms with E-state index in [4.69, 9.17) is 14.2 Å². The van der Waals surface area contributed by atoms with Crippen LogP contribution in [0.25, 0.3) is 22.3 Å². The highest BCUT2D eigenvalue weighted by molar-refractivity contribution is 6.08. The Hall–Kier alpha value is -3.82.